The number of rotatable bonds is 8. The highest BCUT2D eigenvalue weighted by Crippen LogP contribution is 2.24. The van der Waals surface area contributed by atoms with Crippen molar-refractivity contribution in [1.29, 1.82) is 0 Å². The number of hydrogen-bond donors (Lipinski definition) is 2. The average Bonchev–Trinajstić information content (AvgIpc) is 3.14. The summed E-state index contributed by atoms with van der Waals surface area (Å²) >= 11 is 1.69. The van der Waals surface area contributed by atoms with Gasteiger partial charge in [-0.3, -0.25) is 5.43 Å². The summed E-state index contributed by atoms with van der Waals surface area (Å²) in [5.74, 6) is 0.469. The van der Waals surface area contributed by atoms with Crippen LogP contribution in [0.3, 0.4) is 0 Å². The van der Waals surface area contributed by atoms with Crippen molar-refractivity contribution in [3.63, 3.8) is 0 Å². The average molecular weight is 405 g/mol. The Morgan fingerprint density at radius 1 is 1.36 bits per heavy atom. The lowest BCUT2D eigenvalue weighted by Crippen LogP contribution is -2.36. The van der Waals surface area contributed by atoms with E-state index < -0.39 is 5.60 Å². The molecule has 8 heteroatoms. The normalized spacial score (nSPS) is 15.2. The van der Waals surface area contributed by atoms with E-state index in [1.807, 2.05) is 18.2 Å². The minimum absolute atomic E-state index is 0.163. The van der Waals surface area contributed by atoms with Crippen molar-refractivity contribution in [2.24, 2.45) is 5.10 Å². The van der Waals surface area contributed by atoms with Crippen LogP contribution in [0.2, 0.25) is 0 Å². The molecule has 0 unspecified atom stereocenters. The number of anilines is 2. The van der Waals surface area contributed by atoms with Crippen molar-refractivity contribution in [3.05, 3.63) is 34.8 Å². The molecular weight excluding hydrogens is 376 g/mol. The molecule has 3 heterocycles. The van der Waals surface area contributed by atoms with Crippen molar-refractivity contribution in [1.82, 2.24) is 4.98 Å². The Morgan fingerprint density at radius 3 is 2.82 bits per heavy atom. The molecule has 0 amide bonds. The van der Waals surface area contributed by atoms with Crippen molar-refractivity contribution < 1.29 is 14.6 Å². The molecule has 152 valence electrons. The third-order valence-corrected chi connectivity index (χ3v) is 5.27. The molecule has 0 saturated carbocycles. The van der Waals surface area contributed by atoms with Gasteiger partial charge in [0.05, 0.1) is 30.7 Å². The molecule has 2 N–H and O–H groups in total. The first-order chi connectivity index (χ1) is 13.4. The van der Waals surface area contributed by atoms with Gasteiger partial charge in [0.15, 0.2) is 0 Å². The SMILES string of the molecule is CCc1ccc(N/N=C/c2cc(N3CCOCC3)cc(OCC(C)(C)O)n2)s1. The summed E-state index contributed by atoms with van der Waals surface area (Å²) < 4.78 is 11.2. The predicted molar refractivity (Wildman–Crippen MR) is 114 cm³/mol. The van der Waals surface area contributed by atoms with E-state index >= 15 is 0 Å². The predicted octanol–water partition coefficient (Wildman–Crippen LogP) is 3.14. The molecule has 28 heavy (non-hydrogen) atoms. The maximum Gasteiger partial charge on any atom is 0.216 e. The molecule has 7 nitrogen and oxygen atoms in total. The van der Waals surface area contributed by atoms with Crippen LogP contribution in [-0.2, 0) is 11.2 Å². The van der Waals surface area contributed by atoms with E-state index in [4.69, 9.17) is 9.47 Å². The molecule has 0 radical (unpaired) electrons. The molecule has 0 bridgehead atoms. The summed E-state index contributed by atoms with van der Waals surface area (Å²) in [7, 11) is 0. The van der Waals surface area contributed by atoms with Gasteiger partial charge < -0.3 is 19.5 Å². The molecule has 2 aromatic rings. The Bertz CT molecular complexity index is 795. The number of hydrazone groups is 1. The highest BCUT2D eigenvalue weighted by atomic mass is 32.1. The Balaban J connectivity index is 1.76. The first kappa shape index (κ1) is 20.6. The molecule has 0 aromatic carbocycles. The van der Waals surface area contributed by atoms with Crippen LogP contribution in [0.5, 0.6) is 5.88 Å². The van der Waals surface area contributed by atoms with Crippen molar-refractivity contribution in [3.8, 4) is 5.88 Å². The maximum absolute atomic E-state index is 9.94. The van der Waals surface area contributed by atoms with Crippen LogP contribution in [0.4, 0.5) is 10.7 Å². The van der Waals surface area contributed by atoms with E-state index in [0.717, 1.165) is 30.2 Å². The van der Waals surface area contributed by atoms with E-state index in [0.29, 0.717) is 24.8 Å². The highest BCUT2D eigenvalue weighted by Gasteiger charge is 2.17. The molecule has 1 fully saturated rings. The zero-order valence-electron chi connectivity index (χ0n) is 16.6. The molecule has 1 aliphatic rings. The number of morpholine rings is 1. The summed E-state index contributed by atoms with van der Waals surface area (Å²) in [6.07, 6.45) is 2.70. The molecule has 0 spiro atoms. The van der Waals surface area contributed by atoms with Gasteiger partial charge in [0.2, 0.25) is 5.88 Å². The zero-order valence-corrected chi connectivity index (χ0v) is 17.5. The Morgan fingerprint density at radius 2 is 2.14 bits per heavy atom. The first-order valence-electron chi connectivity index (χ1n) is 9.51. The van der Waals surface area contributed by atoms with Crippen molar-refractivity contribution in [2.45, 2.75) is 32.8 Å². The molecule has 1 saturated heterocycles. The second-order valence-electron chi connectivity index (χ2n) is 7.28. The van der Waals surface area contributed by atoms with E-state index in [2.05, 4.69) is 33.4 Å². The summed E-state index contributed by atoms with van der Waals surface area (Å²) in [5.41, 5.74) is 3.83. The van der Waals surface area contributed by atoms with Gasteiger partial charge in [-0.05, 0) is 38.5 Å². The first-order valence-corrected chi connectivity index (χ1v) is 10.3. The number of nitrogens with one attached hydrogen (secondary N) is 1. The topological polar surface area (TPSA) is 79.2 Å². The minimum Gasteiger partial charge on any atom is -0.475 e. The van der Waals surface area contributed by atoms with Gasteiger partial charge in [-0.2, -0.15) is 5.10 Å². The second kappa shape index (κ2) is 9.36. The number of pyridine rings is 1. The monoisotopic (exact) mass is 404 g/mol. The molecule has 2 aromatic heterocycles. The minimum atomic E-state index is -0.928. The summed E-state index contributed by atoms with van der Waals surface area (Å²) in [4.78, 5) is 8.05. The maximum atomic E-state index is 9.94. The van der Waals surface area contributed by atoms with E-state index in [1.165, 1.54) is 4.88 Å². The smallest absolute Gasteiger partial charge is 0.216 e. The van der Waals surface area contributed by atoms with Gasteiger partial charge in [-0.25, -0.2) is 4.98 Å². The van der Waals surface area contributed by atoms with Crippen molar-refractivity contribution in [2.75, 3.05) is 43.2 Å². The molecule has 3 rings (SSSR count). The number of nitrogens with zero attached hydrogens (tertiary/aromatic N) is 3. The molecule has 0 atom stereocenters. The summed E-state index contributed by atoms with van der Waals surface area (Å²) in [6.45, 7) is 8.74. The van der Waals surface area contributed by atoms with E-state index in [9.17, 15) is 5.11 Å². The van der Waals surface area contributed by atoms with E-state index in [1.54, 1.807) is 31.4 Å². The van der Waals surface area contributed by atoms with Crippen LogP contribution in [0.15, 0.2) is 29.4 Å². The Labute approximate surface area is 170 Å². The fraction of sp³-hybridized carbons (Fsp3) is 0.500. The standard InChI is InChI=1S/C20H28N4O3S/c1-4-17-5-6-19(28-17)23-21-13-15-11-16(24-7-9-26-10-8-24)12-18(22-15)27-14-20(2,3)25/h5-6,11-13,23,25H,4,7-10,14H2,1-3H3/b21-13+. The fourth-order valence-electron chi connectivity index (χ4n) is 2.70. The van der Waals surface area contributed by atoms with Gasteiger partial charge >= 0.3 is 0 Å². The molecular formula is C20H28N4O3S. The van der Waals surface area contributed by atoms with Gasteiger partial charge in [-0.15, -0.1) is 11.3 Å². The Hall–Kier alpha value is -2.16. The lowest BCUT2D eigenvalue weighted by Gasteiger charge is -2.29. The highest BCUT2D eigenvalue weighted by molar-refractivity contribution is 7.16. The fourth-order valence-corrected chi connectivity index (χ4v) is 3.49. The third kappa shape index (κ3) is 6.19. The number of aryl methyl sites for hydroxylation is 1. The lowest BCUT2D eigenvalue weighted by molar-refractivity contribution is 0.0268. The van der Waals surface area contributed by atoms with E-state index in [-0.39, 0.29) is 6.61 Å². The summed E-state index contributed by atoms with van der Waals surface area (Å²) in [5, 5.41) is 15.3. The number of thiophene rings is 1. The lowest BCUT2D eigenvalue weighted by atomic mass is 10.2. The Kier molecular flexibility index (Phi) is 6.88. The van der Waals surface area contributed by atoms with Crippen LogP contribution in [0.25, 0.3) is 0 Å². The van der Waals surface area contributed by atoms with Gasteiger partial charge in [0.1, 0.15) is 11.6 Å². The van der Waals surface area contributed by atoms with Gasteiger partial charge in [0, 0.05) is 29.7 Å². The number of hydrogen-bond acceptors (Lipinski definition) is 8. The number of ether oxygens (including phenoxy) is 2. The molecule has 1 aliphatic heterocycles. The van der Waals surface area contributed by atoms with Gasteiger partial charge in [-0.1, -0.05) is 6.92 Å². The second-order valence-corrected chi connectivity index (χ2v) is 8.45. The van der Waals surface area contributed by atoms with Crippen LogP contribution in [0.1, 0.15) is 31.3 Å². The number of aromatic nitrogens is 1. The van der Waals surface area contributed by atoms with Crippen LogP contribution in [-0.4, -0.2) is 54.8 Å². The van der Waals surface area contributed by atoms with Crippen LogP contribution < -0.4 is 15.1 Å². The quantitative estimate of drug-likeness (QED) is 0.520. The zero-order chi connectivity index (χ0) is 20.0. The largest absolute Gasteiger partial charge is 0.475 e. The molecule has 0 aliphatic carbocycles. The van der Waals surface area contributed by atoms with Crippen molar-refractivity contribution >= 4 is 28.2 Å². The number of aliphatic hydroxyl groups is 1. The summed E-state index contributed by atoms with van der Waals surface area (Å²) in [6, 6.07) is 8.01. The van der Waals surface area contributed by atoms with Crippen LogP contribution in [0, 0.1) is 0 Å². The van der Waals surface area contributed by atoms with Gasteiger partial charge in [0.25, 0.3) is 0 Å². The third-order valence-electron chi connectivity index (χ3n) is 4.14. The van der Waals surface area contributed by atoms with Crippen LogP contribution >= 0.6 is 11.3 Å².